The molecule has 0 unspecified atom stereocenters. The number of phenolic OH excluding ortho intramolecular Hbond substituents is 1. The van der Waals surface area contributed by atoms with Crippen LogP contribution in [0.25, 0.3) is 6.08 Å². The van der Waals surface area contributed by atoms with Gasteiger partial charge in [-0.05, 0) is 86.6 Å². The van der Waals surface area contributed by atoms with E-state index >= 15 is 0 Å². The predicted molar refractivity (Wildman–Crippen MR) is 112 cm³/mol. The number of ether oxygens (including phenoxy) is 1. The Labute approximate surface area is 176 Å². The van der Waals surface area contributed by atoms with Gasteiger partial charge >= 0.3 is 5.97 Å². The fraction of sp³-hybridized carbons (Fsp3) is 0.312. The van der Waals surface area contributed by atoms with Crippen molar-refractivity contribution in [1.82, 2.24) is 4.90 Å². The third-order valence-corrected chi connectivity index (χ3v) is 5.63. The van der Waals surface area contributed by atoms with E-state index in [-0.39, 0.29) is 29.7 Å². The molecule has 6 nitrogen and oxygen atoms in total. The van der Waals surface area contributed by atoms with Gasteiger partial charge in [0.2, 0.25) is 0 Å². The number of imide groups is 1. The number of carbonyl (C=O) groups is 3. The topological polar surface area (TPSA) is 83.9 Å². The van der Waals surface area contributed by atoms with E-state index in [1.807, 2.05) is 59.0 Å². The van der Waals surface area contributed by atoms with Crippen LogP contribution >= 0.6 is 56.9 Å². The van der Waals surface area contributed by atoms with Crippen LogP contribution in [0.4, 0.5) is 4.79 Å². The molecule has 2 rings (SSSR count). The Morgan fingerprint density at radius 1 is 1.32 bits per heavy atom. The average molecular weight is 587 g/mol. The van der Waals surface area contributed by atoms with Gasteiger partial charge in [0.15, 0.2) is 0 Å². The van der Waals surface area contributed by atoms with Gasteiger partial charge in [-0.3, -0.25) is 19.3 Å². The molecule has 0 spiro atoms. The Kier molecular flexibility index (Phi) is 7.14. The lowest BCUT2D eigenvalue weighted by atomic mass is 10.2. The largest absolute Gasteiger partial charge is 0.506 e. The van der Waals surface area contributed by atoms with Crippen LogP contribution in [0.2, 0.25) is 0 Å². The van der Waals surface area contributed by atoms with Crippen molar-refractivity contribution in [2.45, 2.75) is 13.8 Å². The zero-order chi connectivity index (χ0) is 18.7. The number of amides is 2. The molecule has 1 fully saturated rings. The van der Waals surface area contributed by atoms with Gasteiger partial charge < -0.3 is 9.84 Å². The maximum Gasteiger partial charge on any atom is 0.326 e. The molecule has 1 aliphatic heterocycles. The molecule has 0 bridgehead atoms. The third kappa shape index (κ3) is 5.33. The lowest BCUT2D eigenvalue weighted by molar-refractivity contribution is -0.147. The Balaban J connectivity index is 2.14. The number of nitrogens with zero attached hydrogens (tertiary/aromatic N) is 1. The first-order chi connectivity index (χ1) is 11.7. The van der Waals surface area contributed by atoms with Crippen LogP contribution in [0.15, 0.2) is 17.0 Å². The van der Waals surface area contributed by atoms with E-state index in [0.29, 0.717) is 12.7 Å². The molecule has 1 heterocycles. The van der Waals surface area contributed by atoms with E-state index in [0.717, 1.165) is 16.7 Å². The van der Waals surface area contributed by atoms with Crippen LogP contribution in [0.3, 0.4) is 0 Å². The van der Waals surface area contributed by atoms with Crippen molar-refractivity contribution in [3.8, 4) is 5.75 Å². The normalized spacial score (nSPS) is 16.2. The van der Waals surface area contributed by atoms with E-state index in [9.17, 15) is 19.5 Å². The molecule has 2 amide bonds. The number of halogens is 2. The van der Waals surface area contributed by atoms with Gasteiger partial charge in [0.1, 0.15) is 12.3 Å². The monoisotopic (exact) mass is 587 g/mol. The minimum absolute atomic E-state index is 0.179. The molecule has 0 atom stereocenters. The molecule has 1 N–H and O–H groups in total. The smallest absolute Gasteiger partial charge is 0.326 e. The van der Waals surface area contributed by atoms with Crippen molar-refractivity contribution in [2.24, 2.45) is 5.92 Å². The summed E-state index contributed by atoms with van der Waals surface area (Å²) in [5.41, 5.74) is 0.694. The number of benzene rings is 1. The first kappa shape index (κ1) is 20.5. The van der Waals surface area contributed by atoms with E-state index in [4.69, 9.17) is 4.74 Å². The van der Waals surface area contributed by atoms with Crippen LogP contribution in [0, 0.1) is 13.1 Å². The maximum absolute atomic E-state index is 12.4. The van der Waals surface area contributed by atoms with Gasteiger partial charge in [-0.2, -0.15) is 0 Å². The van der Waals surface area contributed by atoms with E-state index in [1.165, 1.54) is 0 Å². The highest BCUT2D eigenvalue weighted by Gasteiger charge is 2.36. The Hall–Kier alpha value is -0.820. The summed E-state index contributed by atoms with van der Waals surface area (Å²) < 4.78 is 6.31. The van der Waals surface area contributed by atoms with E-state index in [1.54, 1.807) is 18.2 Å². The molecule has 1 aromatic rings. The second-order valence-corrected chi connectivity index (χ2v) is 9.00. The lowest BCUT2D eigenvalue weighted by Crippen LogP contribution is -2.34. The summed E-state index contributed by atoms with van der Waals surface area (Å²) in [4.78, 5) is 37.3. The minimum Gasteiger partial charge on any atom is -0.506 e. The Morgan fingerprint density at radius 2 is 1.92 bits per heavy atom. The Bertz CT molecular complexity index is 740. The van der Waals surface area contributed by atoms with E-state index in [2.05, 4.69) is 0 Å². The van der Waals surface area contributed by atoms with Gasteiger partial charge in [0, 0.05) is 0 Å². The van der Waals surface area contributed by atoms with Crippen LogP contribution in [0.5, 0.6) is 5.75 Å². The zero-order valence-electron chi connectivity index (χ0n) is 13.4. The van der Waals surface area contributed by atoms with Crippen LogP contribution < -0.4 is 0 Å². The second kappa shape index (κ2) is 8.71. The summed E-state index contributed by atoms with van der Waals surface area (Å²) in [6.45, 7) is 3.65. The molecule has 25 heavy (non-hydrogen) atoms. The predicted octanol–water partition coefficient (Wildman–Crippen LogP) is 3.84. The van der Waals surface area contributed by atoms with Crippen molar-refractivity contribution in [3.05, 3.63) is 29.7 Å². The van der Waals surface area contributed by atoms with E-state index < -0.39 is 17.1 Å². The summed E-state index contributed by atoms with van der Waals surface area (Å²) in [5.74, 6) is -0.766. The van der Waals surface area contributed by atoms with Gasteiger partial charge in [0.05, 0.1) is 18.7 Å². The number of rotatable bonds is 5. The molecule has 134 valence electrons. The van der Waals surface area contributed by atoms with Crippen molar-refractivity contribution >= 4 is 80.1 Å². The molecule has 1 saturated heterocycles. The first-order valence-corrected chi connectivity index (χ1v) is 10.3. The van der Waals surface area contributed by atoms with Crippen LogP contribution in [-0.2, 0) is 14.3 Å². The molecule has 1 aromatic carbocycles. The number of hydrogen-bond acceptors (Lipinski definition) is 6. The minimum atomic E-state index is -0.606. The van der Waals surface area contributed by atoms with Crippen LogP contribution in [0.1, 0.15) is 19.4 Å². The van der Waals surface area contributed by atoms with Crippen molar-refractivity contribution < 1.29 is 24.2 Å². The lowest BCUT2D eigenvalue weighted by Gasteiger charge is -2.12. The molecular weight excluding hydrogens is 572 g/mol. The molecule has 0 saturated carbocycles. The number of phenols is 1. The summed E-state index contributed by atoms with van der Waals surface area (Å²) in [6.07, 6.45) is 1.58. The average Bonchev–Trinajstić information content (AvgIpc) is 2.78. The number of carbonyl (C=O) groups excluding carboxylic acids is 3. The fourth-order valence-electron chi connectivity index (χ4n) is 1.89. The van der Waals surface area contributed by atoms with Crippen molar-refractivity contribution in [1.29, 1.82) is 0 Å². The number of aromatic hydroxyl groups is 1. The summed E-state index contributed by atoms with van der Waals surface area (Å²) in [5, 5.41) is 9.30. The van der Waals surface area contributed by atoms with Gasteiger partial charge in [0.25, 0.3) is 11.1 Å². The van der Waals surface area contributed by atoms with Gasteiger partial charge in [-0.25, -0.2) is 0 Å². The highest BCUT2D eigenvalue weighted by Crippen LogP contribution is 2.34. The molecule has 0 aromatic heterocycles. The molecule has 0 radical (unpaired) electrons. The number of hydrogen-bond donors (Lipinski definition) is 1. The molecule has 9 heteroatoms. The standard InChI is InChI=1S/C16H15I2NO5S/c1-8(2)7-24-13(20)6-19-15(22)12(25-16(19)23)5-9-3-10(17)14(21)11(18)4-9/h3-5,8,21H,6-7H2,1-2H3/b12-5+. The number of esters is 1. The van der Waals surface area contributed by atoms with Gasteiger partial charge in [-0.1, -0.05) is 13.8 Å². The molecule has 1 aliphatic rings. The third-order valence-electron chi connectivity index (χ3n) is 3.08. The Morgan fingerprint density at radius 3 is 2.48 bits per heavy atom. The summed E-state index contributed by atoms with van der Waals surface area (Å²) in [6, 6.07) is 3.42. The van der Waals surface area contributed by atoms with Crippen LogP contribution in [-0.4, -0.2) is 40.3 Å². The van der Waals surface area contributed by atoms with Gasteiger partial charge in [-0.15, -0.1) is 0 Å². The fourth-order valence-corrected chi connectivity index (χ4v) is 4.55. The first-order valence-electron chi connectivity index (χ1n) is 7.28. The SMILES string of the molecule is CC(C)COC(=O)CN1C(=O)S/C(=C/c2cc(I)c(O)c(I)c2)C1=O. The summed E-state index contributed by atoms with van der Waals surface area (Å²) >= 11 is 4.77. The zero-order valence-corrected chi connectivity index (χ0v) is 18.5. The highest BCUT2D eigenvalue weighted by molar-refractivity contribution is 14.1. The molecular formula is C16H15I2NO5S. The quantitative estimate of drug-likeness (QED) is 0.321. The highest BCUT2D eigenvalue weighted by atomic mass is 127. The maximum atomic E-state index is 12.4. The van der Waals surface area contributed by atoms with Crippen molar-refractivity contribution in [3.63, 3.8) is 0 Å². The number of thioether (sulfide) groups is 1. The summed E-state index contributed by atoms with van der Waals surface area (Å²) in [7, 11) is 0. The van der Waals surface area contributed by atoms with Crippen molar-refractivity contribution in [2.75, 3.05) is 13.2 Å². The second-order valence-electron chi connectivity index (χ2n) is 5.68. The molecule has 0 aliphatic carbocycles.